The summed E-state index contributed by atoms with van der Waals surface area (Å²) in [5.41, 5.74) is 1.46. The molecule has 2 aromatic carbocycles. The fourth-order valence-corrected chi connectivity index (χ4v) is 8.29. The number of hydrogen-bond donors (Lipinski definition) is 1. The highest BCUT2D eigenvalue weighted by atomic mass is 32.2. The van der Waals surface area contributed by atoms with E-state index in [4.69, 9.17) is 4.74 Å². The Bertz CT molecular complexity index is 1070. The van der Waals surface area contributed by atoms with Gasteiger partial charge in [0.25, 0.3) is 0 Å². The molecule has 0 aliphatic carbocycles. The van der Waals surface area contributed by atoms with Crippen molar-refractivity contribution in [2.24, 2.45) is 0 Å². The third kappa shape index (κ3) is 4.37. The minimum Gasteiger partial charge on any atom is -0.495 e. The fourth-order valence-electron chi connectivity index (χ4n) is 3.33. The molecule has 2 atom stereocenters. The van der Waals surface area contributed by atoms with Gasteiger partial charge in [0.2, 0.25) is 0 Å². The van der Waals surface area contributed by atoms with E-state index in [1.54, 1.807) is 31.2 Å². The second kappa shape index (κ2) is 7.81. The van der Waals surface area contributed by atoms with Crippen LogP contribution in [0.25, 0.3) is 0 Å². The van der Waals surface area contributed by atoms with Crippen molar-refractivity contribution in [3.63, 3.8) is 0 Å². The van der Waals surface area contributed by atoms with E-state index in [0.29, 0.717) is 0 Å². The highest BCUT2D eigenvalue weighted by molar-refractivity contribution is 7.96. The molecule has 0 radical (unpaired) electrons. The van der Waals surface area contributed by atoms with Crippen molar-refractivity contribution in [2.75, 3.05) is 18.6 Å². The Morgan fingerprint density at radius 3 is 2.46 bits per heavy atom. The first-order valence-electron chi connectivity index (χ1n) is 8.69. The molecule has 6 nitrogen and oxygen atoms in total. The Morgan fingerprint density at radius 1 is 1.14 bits per heavy atom. The van der Waals surface area contributed by atoms with Crippen LogP contribution in [0, 0.1) is 12.7 Å². The van der Waals surface area contributed by atoms with Crippen LogP contribution in [0.2, 0.25) is 0 Å². The van der Waals surface area contributed by atoms with Gasteiger partial charge in [-0.15, -0.1) is 0 Å². The van der Waals surface area contributed by atoms with Gasteiger partial charge in [0, 0.05) is 12.6 Å². The van der Waals surface area contributed by atoms with Gasteiger partial charge in [0.15, 0.2) is 19.7 Å². The molecule has 1 N–H and O–H groups in total. The lowest BCUT2D eigenvalue weighted by Gasteiger charge is -2.21. The minimum absolute atomic E-state index is 0.00863. The first-order chi connectivity index (χ1) is 13.1. The van der Waals surface area contributed by atoms with Gasteiger partial charge >= 0.3 is 0 Å². The molecule has 9 heteroatoms. The third-order valence-electron chi connectivity index (χ3n) is 4.81. The third-order valence-corrected chi connectivity index (χ3v) is 8.98. The minimum atomic E-state index is -3.96. The summed E-state index contributed by atoms with van der Waals surface area (Å²) >= 11 is 0. The van der Waals surface area contributed by atoms with Crippen molar-refractivity contribution >= 4 is 19.7 Å². The van der Waals surface area contributed by atoms with E-state index in [1.807, 2.05) is 0 Å². The zero-order chi connectivity index (χ0) is 20.5. The van der Waals surface area contributed by atoms with Crippen LogP contribution < -0.4 is 10.1 Å². The van der Waals surface area contributed by atoms with E-state index in [2.05, 4.69) is 5.32 Å². The van der Waals surface area contributed by atoms with Crippen LogP contribution in [-0.2, 0) is 26.2 Å². The van der Waals surface area contributed by atoms with Crippen LogP contribution in [0.4, 0.5) is 4.39 Å². The van der Waals surface area contributed by atoms with E-state index in [9.17, 15) is 21.2 Å². The lowest BCUT2D eigenvalue weighted by atomic mass is 10.2. The van der Waals surface area contributed by atoms with Crippen LogP contribution in [0.5, 0.6) is 5.75 Å². The Kier molecular flexibility index (Phi) is 5.79. The maximum Gasteiger partial charge on any atom is 0.187 e. The highest BCUT2D eigenvalue weighted by Gasteiger charge is 2.46. The molecule has 1 heterocycles. The average Bonchev–Trinajstić information content (AvgIpc) is 2.96. The Labute approximate surface area is 164 Å². The molecule has 1 aliphatic rings. The predicted octanol–water partition coefficient (Wildman–Crippen LogP) is 1.87. The SMILES string of the molecule is COc1ccc(C)cc1S(=O)(=O)[C@H]1CS(=O)(=O)C[C@@H]1NCc1ccc(F)cc1. The zero-order valence-electron chi connectivity index (χ0n) is 15.6. The van der Waals surface area contributed by atoms with Crippen molar-refractivity contribution in [2.45, 2.75) is 29.7 Å². The highest BCUT2D eigenvalue weighted by Crippen LogP contribution is 2.32. The first kappa shape index (κ1) is 20.8. The summed E-state index contributed by atoms with van der Waals surface area (Å²) in [6, 6.07) is 9.75. The molecular weight excluding hydrogens is 405 g/mol. The van der Waals surface area contributed by atoms with E-state index in [1.165, 1.54) is 25.3 Å². The van der Waals surface area contributed by atoms with Gasteiger partial charge in [-0.3, -0.25) is 0 Å². The van der Waals surface area contributed by atoms with Gasteiger partial charge in [0.1, 0.15) is 16.5 Å². The van der Waals surface area contributed by atoms with Gasteiger partial charge in [-0.2, -0.15) is 0 Å². The van der Waals surface area contributed by atoms with Crippen molar-refractivity contribution in [3.05, 3.63) is 59.4 Å². The molecule has 1 fully saturated rings. The van der Waals surface area contributed by atoms with Gasteiger partial charge in [-0.1, -0.05) is 18.2 Å². The normalized spacial score (nSPS) is 21.5. The van der Waals surface area contributed by atoms with Crippen molar-refractivity contribution in [1.82, 2.24) is 5.32 Å². The number of benzene rings is 2. The fraction of sp³-hybridized carbons (Fsp3) is 0.368. The standard InChI is InChI=1S/C19H22FNO5S2/c1-13-3-8-17(26-2)18(9-13)28(24,25)19-12-27(22,23)11-16(19)21-10-14-4-6-15(20)7-5-14/h3-9,16,19,21H,10-12H2,1-2H3/t16-,19-/m0/s1. The number of aryl methyl sites for hydroxylation is 1. The summed E-state index contributed by atoms with van der Waals surface area (Å²) < 4.78 is 69.3. The van der Waals surface area contributed by atoms with Crippen LogP contribution >= 0.6 is 0 Å². The number of nitrogens with one attached hydrogen (secondary N) is 1. The number of sulfone groups is 2. The van der Waals surface area contributed by atoms with Gasteiger partial charge in [0.05, 0.1) is 23.9 Å². The van der Waals surface area contributed by atoms with Crippen LogP contribution in [0.3, 0.4) is 0 Å². The van der Waals surface area contributed by atoms with Crippen molar-refractivity contribution in [1.29, 1.82) is 0 Å². The van der Waals surface area contributed by atoms with Gasteiger partial charge < -0.3 is 10.1 Å². The summed E-state index contributed by atoms with van der Waals surface area (Å²) in [7, 11) is -6.11. The Morgan fingerprint density at radius 2 is 1.82 bits per heavy atom. The van der Waals surface area contributed by atoms with Crippen molar-refractivity contribution < 1.29 is 26.0 Å². The quantitative estimate of drug-likeness (QED) is 0.757. The number of rotatable bonds is 6. The lowest BCUT2D eigenvalue weighted by Crippen LogP contribution is -2.43. The lowest BCUT2D eigenvalue weighted by molar-refractivity contribution is 0.402. The molecule has 28 heavy (non-hydrogen) atoms. The smallest absolute Gasteiger partial charge is 0.187 e. The maximum absolute atomic E-state index is 13.3. The molecule has 0 bridgehead atoms. The number of ether oxygens (including phenoxy) is 1. The van der Waals surface area contributed by atoms with Crippen LogP contribution in [-0.4, -0.2) is 46.7 Å². The summed E-state index contributed by atoms with van der Waals surface area (Å²) in [5, 5.41) is 1.90. The molecular formula is C19H22FNO5S2. The molecule has 0 amide bonds. The second-order valence-electron chi connectivity index (χ2n) is 6.93. The summed E-state index contributed by atoms with van der Waals surface area (Å²) in [4.78, 5) is -0.00863. The zero-order valence-corrected chi connectivity index (χ0v) is 17.2. The second-order valence-corrected chi connectivity index (χ2v) is 11.2. The average molecular weight is 428 g/mol. The molecule has 3 rings (SSSR count). The maximum atomic E-state index is 13.3. The number of halogens is 1. The summed E-state index contributed by atoms with van der Waals surface area (Å²) in [5.74, 6) is -0.911. The van der Waals surface area contributed by atoms with Crippen molar-refractivity contribution in [3.8, 4) is 5.75 Å². The molecule has 0 saturated carbocycles. The number of hydrogen-bond acceptors (Lipinski definition) is 6. The van der Waals surface area contributed by atoms with Gasteiger partial charge in [-0.25, -0.2) is 21.2 Å². The van der Waals surface area contributed by atoms with E-state index < -0.39 is 36.7 Å². The first-order valence-corrected chi connectivity index (χ1v) is 12.1. The van der Waals surface area contributed by atoms with Crippen LogP contribution in [0.1, 0.15) is 11.1 Å². The topological polar surface area (TPSA) is 89.5 Å². The van der Waals surface area contributed by atoms with Gasteiger partial charge in [-0.05, 0) is 42.3 Å². The molecule has 2 aromatic rings. The summed E-state index contributed by atoms with van der Waals surface area (Å²) in [6.45, 7) is 1.99. The van der Waals surface area contributed by atoms with E-state index >= 15 is 0 Å². The van der Waals surface area contributed by atoms with E-state index in [0.717, 1.165) is 11.1 Å². The molecule has 0 aromatic heterocycles. The number of methoxy groups -OCH3 is 1. The monoisotopic (exact) mass is 427 g/mol. The predicted molar refractivity (Wildman–Crippen MR) is 104 cm³/mol. The molecule has 1 saturated heterocycles. The Hall–Kier alpha value is -1.97. The molecule has 0 unspecified atom stereocenters. The summed E-state index contributed by atoms with van der Waals surface area (Å²) in [6.07, 6.45) is 0. The van der Waals surface area contributed by atoms with Crippen LogP contribution in [0.15, 0.2) is 47.4 Å². The largest absolute Gasteiger partial charge is 0.495 e. The van der Waals surface area contributed by atoms with E-state index in [-0.39, 0.29) is 28.8 Å². The Balaban J connectivity index is 1.91. The molecule has 1 aliphatic heterocycles. The molecule has 152 valence electrons. The molecule has 0 spiro atoms.